The molecule has 168 valence electrons. The Morgan fingerprint density at radius 1 is 0.935 bits per heavy atom. The summed E-state index contributed by atoms with van der Waals surface area (Å²) in [6, 6.07) is 8.89. The van der Waals surface area contributed by atoms with Crippen molar-refractivity contribution in [3.05, 3.63) is 47.5 Å². The first-order chi connectivity index (χ1) is 14.8. The second-order valence-corrected chi connectivity index (χ2v) is 7.64. The summed E-state index contributed by atoms with van der Waals surface area (Å²) in [6.45, 7) is -0.562. The van der Waals surface area contributed by atoms with Crippen molar-refractivity contribution in [2.75, 3.05) is 6.61 Å². The Kier molecular flexibility index (Phi) is 5.93. The largest absolute Gasteiger partial charge is 0.508 e. The molecule has 2 heterocycles. The summed E-state index contributed by atoms with van der Waals surface area (Å²) in [6.07, 6.45) is -8.51. The molecule has 0 saturated carbocycles. The predicted octanol–water partition coefficient (Wildman–Crippen LogP) is -0.686. The summed E-state index contributed by atoms with van der Waals surface area (Å²) in [5.74, 6) is 0.231. The average molecular weight is 436 g/mol. The normalized spacial score (nSPS) is 32.7. The highest BCUT2D eigenvalue weighted by molar-refractivity contribution is 5.51. The van der Waals surface area contributed by atoms with E-state index in [1.54, 1.807) is 24.3 Å². The van der Waals surface area contributed by atoms with Crippen LogP contribution >= 0.6 is 0 Å². The third-order valence-electron chi connectivity index (χ3n) is 5.50. The van der Waals surface area contributed by atoms with Crippen LogP contribution < -0.4 is 9.47 Å². The first-order valence-electron chi connectivity index (χ1n) is 9.75. The Hall–Kier alpha value is -2.60. The zero-order valence-corrected chi connectivity index (χ0v) is 16.3. The lowest BCUT2D eigenvalue weighted by Crippen LogP contribution is -2.60. The van der Waals surface area contributed by atoms with E-state index < -0.39 is 49.5 Å². The number of benzene rings is 2. The van der Waals surface area contributed by atoms with Crippen molar-refractivity contribution in [1.82, 2.24) is 0 Å². The van der Waals surface area contributed by atoms with E-state index in [4.69, 9.17) is 14.2 Å². The van der Waals surface area contributed by atoms with Crippen molar-refractivity contribution < 1.29 is 50.0 Å². The van der Waals surface area contributed by atoms with Crippen LogP contribution in [-0.2, 0) is 11.2 Å². The fourth-order valence-corrected chi connectivity index (χ4v) is 3.78. The minimum absolute atomic E-state index is 0.134. The number of aliphatic hydroxyl groups excluding tert-OH is 5. The highest BCUT2D eigenvalue weighted by Crippen LogP contribution is 2.42. The topological polar surface area (TPSA) is 169 Å². The van der Waals surface area contributed by atoms with Gasteiger partial charge in [0.1, 0.15) is 53.5 Å². The average Bonchev–Trinajstić information content (AvgIpc) is 2.75. The number of fused-ring (bicyclic) bond motifs is 1. The highest BCUT2D eigenvalue weighted by Gasteiger charge is 2.44. The van der Waals surface area contributed by atoms with Gasteiger partial charge in [0.15, 0.2) is 0 Å². The lowest BCUT2D eigenvalue weighted by atomic mass is 9.94. The maximum Gasteiger partial charge on any atom is 0.229 e. The molecule has 0 bridgehead atoms. The van der Waals surface area contributed by atoms with Crippen molar-refractivity contribution in [2.45, 2.75) is 49.3 Å². The van der Waals surface area contributed by atoms with Gasteiger partial charge in [0.2, 0.25) is 6.29 Å². The van der Waals surface area contributed by atoms with Gasteiger partial charge in [-0.2, -0.15) is 0 Å². The van der Waals surface area contributed by atoms with Crippen LogP contribution in [0, 0.1) is 0 Å². The number of aromatic hydroxyl groups is 2. The van der Waals surface area contributed by atoms with E-state index in [0.29, 0.717) is 11.1 Å². The number of hydrogen-bond acceptors (Lipinski definition) is 10. The highest BCUT2D eigenvalue weighted by atomic mass is 16.7. The van der Waals surface area contributed by atoms with Crippen molar-refractivity contribution in [2.24, 2.45) is 0 Å². The predicted molar refractivity (Wildman–Crippen MR) is 104 cm³/mol. The summed E-state index contributed by atoms with van der Waals surface area (Å²) < 4.78 is 16.7. The Bertz CT molecular complexity index is 915. The Morgan fingerprint density at radius 3 is 2.32 bits per heavy atom. The van der Waals surface area contributed by atoms with Gasteiger partial charge < -0.3 is 50.0 Å². The summed E-state index contributed by atoms with van der Waals surface area (Å²) in [4.78, 5) is 0. The molecule has 0 spiro atoms. The summed E-state index contributed by atoms with van der Waals surface area (Å²) in [5, 5.41) is 69.1. The van der Waals surface area contributed by atoms with E-state index in [1.165, 1.54) is 12.1 Å². The van der Waals surface area contributed by atoms with Crippen LogP contribution in [0.4, 0.5) is 0 Å². The molecule has 7 atom stereocenters. The molecule has 1 fully saturated rings. The molecule has 0 radical (unpaired) electrons. The van der Waals surface area contributed by atoms with Crippen LogP contribution in [0.15, 0.2) is 36.4 Å². The first kappa shape index (κ1) is 21.6. The summed E-state index contributed by atoms with van der Waals surface area (Å²) in [5.41, 5.74) is 1.01. The van der Waals surface area contributed by atoms with E-state index in [1.807, 2.05) is 0 Å². The van der Waals surface area contributed by atoms with Gasteiger partial charge in [0, 0.05) is 24.1 Å². The van der Waals surface area contributed by atoms with Crippen LogP contribution in [0.5, 0.6) is 23.0 Å². The molecule has 4 rings (SSSR count). The van der Waals surface area contributed by atoms with Crippen molar-refractivity contribution in [1.29, 1.82) is 0 Å². The molecule has 2 aliphatic heterocycles. The second kappa shape index (κ2) is 8.50. The van der Waals surface area contributed by atoms with Gasteiger partial charge in [-0.1, -0.05) is 12.1 Å². The zero-order chi connectivity index (χ0) is 22.3. The minimum Gasteiger partial charge on any atom is -0.508 e. The van der Waals surface area contributed by atoms with Gasteiger partial charge in [0.25, 0.3) is 0 Å². The number of phenolic OH excluding ortho intramolecular Hbond substituents is 2. The summed E-state index contributed by atoms with van der Waals surface area (Å²) in [7, 11) is 0. The van der Waals surface area contributed by atoms with E-state index >= 15 is 0 Å². The fraction of sp³-hybridized carbons (Fsp3) is 0.429. The molecule has 31 heavy (non-hydrogen) atoms. The molecular weight excluding hydrogens is 412 g/mol. The monoisotopic (exact) mass is 436 g/mol. The van der Waals surface area contributed by atoms with E-state index in [9.17, 15) is 35.7 Å². The number of rotatable bonds is 4. The SMILES string of the molecule is OC[C@H]1O[C@@H](Oc2ccc([C@H]3Oc4cc(O)cc(O)c4C[C@@H]3O)cc2)[C@H](O)[C@@H](O)[C@@H]1O. The number of hydrogen-bond donors (Lipinski definition) is 7. The van der Waals surface area contributed by atoms with Crippen LogP contribution in [0.25, 0.3) is 0 Å². The van der Waals surface area contributed by atoms with Gasteiger partial charge in [0.05, 0.1) is 12.7 Å². The molecule has 0 amide bonds. The molecule has 2 aromatic rings. The quantitative estimate of drug-likeness (QED) is 0.326. The van der Waals surface area contributed by atoms with Crippen molar-refractivity contribution in [3.8, 4) is 23.0 Å². The van der Waals surface area contributed by atoms with E-state index in [0.717, 1.165) is 0 Å². The number of ether oxygens (including phenoxy) is 3. The first-order valence-corrected chi connectivity index (χ1v) is 9.75. The molecular formula is C21H24O10. The van der Waals surface area contributed by atoms with Crippen LogP contribution in [0.3, 0.4) is 0 Å². The molecule has 10 nitrogen and oxygen atoms in total. The molecule has 2 aliphatic rings. The third kappa shape index (κ3) is 4.13. The second-order valence-electron chi connectivity index (χ2n) is 7.64. The van der Waals surface area contributed by atoms with Gasteiger partial charge in [-0.05, 0) is 17.7 Å². The molecule has 0 aliphatic carbocycles. The fourth-order valence-electron chi connectivity index (χ4n) is 3.78. The zero-order valence-electron chi connectivity index (χ0n) is 16.3. The van der Waals surface area contributed by atoms with Crippen LogP contribution in [0.1, 0.15) is 17.2 Å². The Labute approximate surface area is 177 Å². The van der Waals surface area contributed by atoms with Crippen LogP contribution in [-0.4, -0.2) is 79.2 Å². The molecule has 7 N–H and O–H groups in total. The molecule has 2 aromatic carbocycles. The Morgan fingerprint density at radius 2 is 1.65 bits per heavy atom. The lowest BCUT2D eigenvalue weighted by Gasteiger charge is -2.39. The molecule has 1 saturated heterocycles. The standard InChI is InChI=1S/C21H24O10/c22-8-16-17(26)18(27)19(28)21(31-16)29-11-3-1-9(2-4-11)20-14(25)7-12-13(24)5-10(23)6-15(12)30-20/h1-6,14,16-28H,7-8H2/t14-,16+,17+,18-,19+,20+,21+/m0/s1. The molecule has 0 aromatic heterocycles. The van der Waals surface area contributed by atoms with Gasteiger partial charge in [-0.15, -0.1) is 0 Å². The molecule has 0 unspecified atom stereocenters. The third-order valence-corrected chi connectivity index (χ3v) is 5.50. The summed E-state index contributed by atoms with van der Waals surface area (Å²) >= 11 is 0. The van der Waals surface area contributed by atoms with E-state index in [-0.39, 0.29) is 29.4 Å². The van der Waals surface area contributed by atoms with Crippen LogP contribution in [0.2, 0.25) is 0 Å². The van der Waals surface area contributed by atoms with Crippen molar-refractivity contribution in [3.63, 3.8) is 0 Å². The number of phenols is 2. The van der Waals surface area contributed by atoms with Gasteiger partial charge in [-0.3, -0.25) is 0 Å². The maximum absolute atomic E-state index is 10.5. The minimum atomic E-state index is -1.55. The smallest absolute Gasteiger partial charge is 0.229 e. The van der Waals surface area contributed by atoms with Crippen molar-refractivity contribution >= 4 is 0 Å². The Balaban J connectivity index is 1.48. The maximum atomic E-state index is 10.5. The van der Waals surface area contributed by atoms with Gasteiger partial charge in [-0.25, -0.2) is 0 Å². The number of aliphatic hydroxyl groups is 5. The van der Waals surface area contributed by atoms with Gasteiger partial charge >= 0.3 is 0 Å². The molecule has 10 heteroatoms. The lowest BCUT2D eigenvalue weighted by molar-refractivity contribution is -0.277. The van der Waals surface area contributed by atoms with E-state index in [2.05, 4.69) is 0 Å².